The molecule has 2 aromatic rings. The van der Waals surface area contributed by atoms with Crippen LogP contribution in [-0.2, 0) is 9.63 Å². The van der Waals surface area contributed by atoms with Crippen molar-refractivity contribution in [3.63, 3.8) is 0 Å². The molecule has 3 rings (SSSR count). The van der Waals surface area contributed by atoms with Crippen molar-refractivity contribution in [1.29, 1.82) is 0 Å². The Morgan fingerprint density at radius 2 is 2.16 bits per heavy atom. The molecule has 5 nitrogen and oxygen atoms in total. The van der Waals surface area contributed by atoms with Gasteiger partial charge in [-0.3, -0.25) is 4.79 Å². The van der Waals surface area contributed by atoms with Crippen LogP contribution < -0.4 is 10.1 Å². The SMILES string of the molecule is COc1ccc(Cl)cc1NC(=O)[C@H]1CC(c2c(F)cccc2Cl)=NO1. The Kier molecular flexibility index (Phi) is 5.11. The van der Waals surface area contributed by atoms with Gasteiger partial charge in [-0.15, -0.1) is 0 Å². The Morgan fingerprint density at radius 1 is 1.36 bits per heavy atom. The zero-order valence-electron chi connectivity index (χ0n) is 13.1. The minimum absolute atomic E-state index is 0.0926. The quantitative estimate of drug-likeness (QED) is 0.858. The normalized spacial score (nSPS) is 16.2. The molecule has 1 atom stereocenters. The van der Waals surface area contributed by atoms with Crippen LogP contribution >= 0.6 is 23.2 Å². The van der Waals surface area contributed by atoms with Crippen LogP contribution in [0.25, 0.3) is 0 Å². The average molecular weight is 383 g/mol. The molecule has 0 spiro atoms. The van der Waals surface area contributed by atoms with E-state index in [0.717, 1.165) is 0 Å². The van der Waals surface area contributed by atoms with Gasteiger partial charge in [-0.05, 0) is 30.3 Å². The lowest BCUT2D eigenvalue weighted by atomic mass is 10.0. The maximum Gasteiger partial charge on any atom is 0.268 e. The summed E-state index contributed by atoms with van der Waals surface area (Å²) in [5.74, 6) is -0.520. The predicted molar refractivity (Wildman–Crippen MR) is 94.1 cm³/mol. The molecule has 1 N–H and O–H groups in total. The fourth-order valence-corrected chi connectivity index (χ4v) is 2.87. The van der Waals surface area contributed by atoms with E-state index in [-0.39, 0.29) is 22.7 Å². The lowest BCUT2D eigenvalue weighted by molar-refractivity contribution is -0.125. The molecule has 25 heavy (non-hydrogen) atoms. The lowest BCUT2D eigenvalue weighted by Crippen LogP contribution is -2.28. The Labute approximate surface area is 153 Å². The van der Waals surface area contributed by atoms with E-state index in [1.165, 1.54) is 19.2 Å². The molecular formula is C17H13Cl2FN2O3. The maximum absolute atomic E-state index is 14.0. The fourth-order valence-electron chi connectivity index (χ4n) is 2.43. The zero-order chi connectivity index (χ0) is 18.0. The Morgan fingerprint density at radius 3 is 2.88 bits per heavy atom. The van der Waals surface area contributed by atoms with Gasteiger partial charge < -0.3 is 14.9 Å². The van der Waals surface area contributed by atoms with E-state index in [9.17, 15) is 9.18 Å². The highest BCUT2D eigenvalue weighted by Crippen LogP contribution is 2.29. The molecule has 0 aromatic heterocycles. The molecule has 8 heteroatoms. The first-order chi connectivity index (χ1) is 12.0. The average Bonchev–Trinajstić information content (AvgIpc) is 3.05. The van der Waals surface area contributed by atoms with Gasteiger partial charge in [-0.2, -0.15) is 0 Å². The van der Waals surface area contributed by atoms with Crippen LogP contribution in [0.3, 0.4) is 0 Å². The van der Waals surface area contributed by atoms with Crippen LogP contribution in [0, 0.1) is 5.82 Å². The minimum Gasteiger partial charge on any atom is -0.495 e. The van der Waals surface area contributed by atoms with Gasteiger partial charge in [0.05, 0.1) is 29.1 Å². The van der Waals surface area contributed by atoms with E-state index in [1.54, 1.807) is 24.3 Å². The number of benzene rings is 2. The van der Waals surface area contributed by atoms with Crippen molar-refractivity contribution in [2.75, 3.05) is 12.4 Å². The third-order valence-corrected chi connectivity index (χ3v) is 4.18. The minimum atomic E-state index is -0.908. The van der Waals surface area contributed by atoms with Crippen molar-refractivity contribution in [3.8, 4) is 5.75 Å². The van der Waals surface area contributed by atoms with E-state index < -0.39 is 17.8 Å². The van der Waals surface area contributed by atoms with Gasteiger partial charge in [0.25, 0.3) is 5.91 Å². The Bertz CT molecular complexity index is 838. The number of nitrogens with zero attached hydrogens (tertiary/aromatic N) is 1. The molecule has 0 unspecified atom stereocenters. The first-order valence-electron chi connectivity index (χ1n) is 7.31. The van der Waals surface area contributed by atoms with Crippen molar-refractivity contribution in [1.82, 2.24) is 0 Å². The zero-order valence-corrected chi connectivity index (χ0v) is 14.6. The topological polar surface area (TPSA) is 59.9 Å². The monoisotopic (exact) mass is 382 g/mol. The number of hydrogen-bond acceptors (Lipinski definition) is 4. The van der Waals surface area contributed by atoms with Crippen LogP contribution in [-0.4, -0.2) is 24.8 Å². The number of rotatable bonds is 4. The van der Waals surface area contributed by atoms with Gasteiger partial charge in [0, 0.05) is 11.4 Å². The van der Waals surface area contributed by atoms with Crippen LogP contribution in [0.15, 0.2) is 41.6 Å². The summed E-state index contributed by atoms with van der Waals surface area (Å²) in [7, 11) is 1.48. The summed E-state index contributed by atoms with van der Waals surface area (Å²) >= 11 is 12.0. The number of oxime groups is 1. The number of carbonyl (C=O) groups is 1. The summed E-state index contributed by atoms with van der Waals surface area (Å²) in [5, 5.41) is 7.13. The summed E-state index contributed by atoms with van der Waals surface area (Å²) in [5.41, 5.74) is 0.821. The van der Waals surface area contributed by atoms with Crippen molar-refractivity contribution >= 4 is 40.5 Å². The molecule has 1 aliphatic rings. The largest absolute Gasteiger partial charge is 0.495 e. The maximum atomic E-state index is 14.0. The third-order valence-electron chi connectivity index (χ3n) is 3.63. The third kappa shape index (κ3) is 3.70. The Hall–Kier alpha value is -2.31. The summed E-state index contributed by atoms with van der Waals surface area (Å²) in [6.45, 7) is 0. The smallest absolute Gasteiger partial charge is 0.268 e. The summed E-state index contributed by atoms with van der Waals surface area (Å²) in [4.78, 5) is 17.6. The summed E-state index contributed by atoms with van der Waals surface area (Å²) in [6.07, 6.45) is -0.815. The summed E-state index contributed by atoms with van der Waals surface area (Å²) < 4.78 is 19.1. The molecule has 0 saturated heterocycles. The molecular weight excluding hydrogens is 370 g/mol. The van der Waals surface area contributed by atoms with Crippen molar-refractivity contribution in [3.05, 3.63) is 57.8 Å². The second-order valence-corrected chi connectivity index (χ2v) is 6.11. The van der Waals surface area contributed by atoms with Gasteiger partial charge in [0.15, 0.2) is 0 Å². The highest BCUT2D eigenvalue weighted by Gasteiger charge is 2.31. The second kappa shape index (κ2) is 7.29. The standard InChI is InChI=1S/C17H13Cl2FN2O3/c1-24-14-6-5-9(18)7-12(14)21-17(23)15-8-13(22-25-15)16-10(19)3-2-4-11(16)20/h2-7,15H,8H2,1H3,(H,21,23)/t15-/m1/s1. The second-order valence-electron chi connectivity index (χ2n) is 5.27. The number of carbonyl (C=O) groups excluding carboxylic acids is 1. The number of hydrogen-bond donors (Lipinski definition) is 1. The predicted octanol–water partition coefficient (Wildman–Crippen LogP) is 4.27. The van der Waals surface area contributed by atoms with E-state index >= 15 is 0 Å². The van der Waals surface area contributed by atoms with Gasteiger partial charge >= 0.3 is 0 Å². The number of methoxy groups -OCH3 is 1. The number of ether oxygens (including phenoxy) is 1. The molecule has 130 valence electrons. The van der Waals surface area contributed by atoms with E-state index in [2.05, 4.69) is 10.5 Å². The molecule has 1 heterocycles. The molecule has 0 bridgehead atoms. The molecule has 1 aliphatic heterocycles. The molecule has 0 saturated carbocycles. The fraction of sp³-hybridized carbons (Fsp3) is 0.176. The highest BCUT2D eigenvalue weighted by atomic mass is 35.5. The van der Waals surface area contributed by atoms with E-state index in [1.807, 2.05) is 0 Å². The first-order valence-corrected chi connectivity index (χ1v) is 8.06. The Balaban J connectivity index is 1.73. The highest BCUT2D eigenvalue weighted by molar-refractivity contribution is 6.34. The van der Waals surface area contributed by atoms with Gasteiger partial charge in [0.1, 0.15) is 11.6 Å². The molecule has 0 radical (unpaired) electrons. The van der Waals surface area contributed by atoms with Crippen molar-refractivity contribution in [2.45, 2.75) is 12.5 Å². The number of halogens is 3. The van der Waals surface area contributed by atoms with Crippen molar-refractivity contribution in [2.24, 2.45) is 5.16 Å². The van der Waals surface area contributed by atoms with Crippen LogP contribution in [0.2, 0.25) is 10.0 Å². The van der Waals surface area contributed by atoms with Crippen LogP contribution in [0.1, 0.15) is 12.0 Å². The van der Waals surface area contributed by atoms with Gasteiger partial charge in [0.2, 0.25) is 6.10 Å². The molecule has 0 aliphatic carbocycles. The van der Waals surface area contributed by atoms with E-state index in [0.29, 0.717) is 16.5 Å². The van der Waals surface area contributed by atoms with E-state index in [4.69, 9.17) is 32.8 Å². The molecule has 1 amide bonds. The first kappa shape index (κ1) is 17.5. The molecule has 2 aromatic carbocycles. The number of nitrogens with one attached hydrogen (secondary N) is 1. The van der Waals surface area contributed by atoms with Crippen LogP contribution in [0.5, 0.6) is 5.75 Å². The lowest BCUT2D eigenvalue weighted by Gasteiger charge is -2.13. The van der Waals surface area contributed by atoms with Crippen LogP contribution in [0.4, 0.5) is 10.1 Å². The summed E-state index contributed by atoms with van der Waals surface area (Å²) in [6, 6.07) is 9.15. The number of anilines is 1. The van der Waals surface area contributed by atoms with Crippen molar-refractivity contribution < 1.29 is 18.8 Å². The molecule has 0 fully saturated rings. The number of amides is 1. The van der Waals surface area contributed by atoms with Gasteiger partial charge in [-0.25, -0.2) is 4.39 Å². The van der Waals surface area contributed by atoms with Gasteiger partial charge in [-0.1, -0.05) is 34.4 Å².